The quantitative estimate of drug-likeness (QED) is 0.477. The van der Waals surface area contributed by atoms with Crippen LogP contribution >= 0.6 is 0 Å². The number of carboxylic acids is 1. The highest BCUT2D eigenvalue weighted by atomic mass is 16.6. The highest BCUT2D eigenvalue weighted by Crippen LogP contribution is 2.65. The Morgan fingerprint density at radius 2 is 1.91 bits per heavy atom. The van der Waals surface area contributed by atoms with Crippen LogP contribution < -0.4 is 5.32 Å². The monoisotopic (exact) mass is 474 g/mol. The van der Waals surface area contributed by atoms with Gasteiger partial charge in [-0.2, -0.15) is 0 Å². The highest BCUT2D eigenvalue weighted by Gasteiger charge is 2.58. The Kier molecular flexibility index (Phi) is 7.14. The van der Waals surface area contributed by atoms with E-state index in [1.165, 1.54) is 18.4 Å². The fraction of sp³-hybridized carbons (Fsp3) is 0.815. The minimum Gasteiger partial charge on any atom is -0.480 e. The molecule has 0 bridgehead atoms. The molecule has 0 aliphatic heterocycles. The van der Waals surface area contributed by atoms with Crippen molar-refractivity contribution in [2.24, 2.45) is 39.7 Å². The van der Waals surface area contributed by atoms with Gasteiger partial charge in [-0.3, -0.25) is 4.79 Å². The molecular weight excluding hydrogens is 432 g/mol. The lowest BCUT2D eigenvalue weighted by Crippen LogP contribution is -2.51. The fourth-order valence-electron chi connectivity index (χ4n) is 7.72. The van der Waals surface area contributed by atoms with Gasteiger partial charge in [0.2, 0.25) is 0 Å². The molecule has 0 aromatic heterocycles. The van der Waals surface area contributed by atoms with Gasteiger partial charge in [0.05, 0.1) is 11.8 Å². The summed E-state index contributed by atoms with van der Waals surface area (Å²) in [7, 11) is 0. The Balaban J connectivity index is 1.37. The van der Waals surface area contributed by atoms with Crippen molar-refractivity contribution >= 4 is 17.6 Å². The van der Waals surface area contributed by atoms with Crippen molar-refractivity contribution in [1.29, 1.82) is 0 Å². The number of oxime groups is 1. The molecule has 1 amide bonds. The van der Waals surface area contributed by atoms with E-state index in [4.69, 9.17) is 4.84 Å². The number of hydrogen-bond acceptors (Lipinski definition) is 5. The van der Waals surface area contributed by atoms with E-state index >= 15 is 0 Å². The lowest BCUT2D eigenvalue weighted by molar-refractivity contribution is -0.143. The maximum atomic E-state index is 12.2. The summed E-state index contributed by atoms with van der Waals surface area (Å²) in [6, 6.07) is -0.908. The van der Waals surface area contributed by atoms with Crippen LogP contribution in [0.1, 0.15) is 85.5 Å². The van der Waals surface area contributed by atoms with Crippen LogP contribution in [0.2, 0.25) is 0 Å². The zero-order valence-corrected chi connectivity index (χ0v) is 21.2. The Morgan fingerprint density at radius 1 is 1.15 bits per heavy atom. The normalized spacial score (nSPS) is 39.0. The summed E-state index contributed by atoms with van der Waals surface area (Å²) >= 11 is 0. The summed E-state index contributed by atoms with van der Waals surface area (Å²) in [5.41, 5.74) is 2.60. The first-order valence-corrected chi connectivity index (χ1v) is 13.1. The molecule has 0 radical (unpaired) electrons. The van der Waals surface area contributed by atoms with Crippen LogP contribution in [-0.4, -0.2) is 46.6 Å². The molecule has 0 saturated heterocycles. The van der Waals surface area contributed by atoms with Crippen LogP contribution in [0.4, 0.5) is 0 Å². The van der Waals surface area contributed by atoms with Gasteiger partial charge in [0.25, 0.3) is 5.91 Å². The number of carbonyl (C=O) groups is 2. The first kappa shape index (κ1) is 25.2. The number of carbonyl (C=O) groups excluding carboxylic acids is 1. The first-order chi connectivity index (χ1) is 16.0. The van der Waals surface area contributed by atoms with Gasteiger partial charge in [-0.05, 0) is 98.4 Å². The number of aliphatic hydroxyl groups excluding tert-OH is 1. The largest absolute Gasteiger partial charge is 0.480 e. The van der Waals surface area contributed by atoms with Gasteiger partial charge in [0.1, 0.15) is 6.04 Å². The Labute approximate surface area is 203 Å². The lowest BCUT2D eigenvalue weighted by Gasteiger charge is -2.57. The second-order valence-corrected chi connectivity index (χ2v) is 12.1. The summed E-state index contributed by atoms with van der Waals surface area (Å²) in [6.45, 7) is 8.31. The number of fused-ring (bicyclic) bond motifs is 5. The number of carboxylic acid groups (broad SMARTS) is 1. The molecule has 34 heavy (non-hydrogen) atoms. The molecule has 7 heteroatoms. The minimum atomic E-state index is -1.03. The maximum Gasteiger partial charge on any atom is 0.326 e. The minimum absolute atomic E-state index is 0.100. The van der Waals surface area contributed by atoms with E-state index in [1.807, 2.05) is 13.8 Å². The molecule has 4 aliphatic carbocycles. The van der Waals surface area contributed by atoms with E-state index in [-0.39, 0.29) is 29.5 Å². The number of hydrogen-bond donors (Lipinski definition) is 3. The van der Waals surface area contributed by atoms with Crippen molar-refractivity contribution in [3.05, 3.63) is 11.6 Å². The molecule has 3 fully saturated rings. The van der Waals surface area contributed by atoms with Crippen LogP contribution in [0.3, 0.4) is 0 Å². The topological polar surface area (TPSA) is 108 Å². The summed E-state index contributed by atoms with van der Waals surface area (Å²) in [4.78, 5) is 28.8. The standard InChI is InChI=1S/C27H42N2O5/c1-16(2)13-22(25(32)33)28-24(31)15-34-29-18-9-11-26(3)17(14-18)5-6-19-20-7-8-23(30)27(20,4)12-10-21(19)26/h14,16,19-23,30H,5-13,15H2,1-4H3,(H,28,31)(H,32,33)/b29-18+/t19-,20+,21+,22+,23-,26-,27-/m0/s1. The SMILES string of the molecule is CC(C)C[C@@H](NC(=O)CO/N=C1/C=C2CC[C@H]3[C@H]4CC[C@H](O)[C@@]4(C)CC[C@H]3[C@@]2(C)CC1)C(=O)O. The molecule has 4 aliphatic rings. The maximum absolute atomic E-state index is 12.2. The summed E-state index contributed by atoms with van der Waals surface area (Å²) < 4.78 is 0. The van der Waals surface area contributed by atoms with Crippen LogP contribution in [0, 0.1) is 34.5 Å². The number of aliphatic hydroxyl groups is 1. The first-order valence-electron chi connectivity index (χ1n) is 13.1. The number of allylic oxidation sites excluding steroid dienone is 2. The van der Waals surface area contributed by atoms with E-state index < -0.39 is 17.9 Å². The van der Waals surface area contributed by atoms with E-state index in [0.29, 0.717) is 24.2 Å². The third kappa shape index (κ3) is 4.65. The molecule has 7 atom stereocenters. The molecular formula is C27H42N2O5. The van der Waals surface area contributed by atoms with Gasteiger partial charge in [-0.25, -0.2) is 4.79 Å². The summed E-state index contributed by atoms with van der Waals surface area (Å²) in [5.74, 6) is 0.674. The molecule has 4 rings (SSSR count). The van der Waals surface area contributed by atoms with E-state index in [1.54, 1.807) is 0 Å². The molecule has 7 nitrogen and oxygen atoms in total. The van der Waals surface area contributed by atoms with Crippen molar-refractivity contribution in [2.75, 3.05) is 6.61 Å². The van der Waals surface area contributed by atoms with Gasteiger partial charge in [0, 0.05) is 0 Å². The predicted octanol–water partition coefficient (Wildman–Crippen LogP) is 4.30. The number of rotatable bonds is 7. The lowest BCUT2D eigenvalue weighted by atomic mass is 9.47. The van der Waals surface area contributed by atoms with E-state index in [0.717, 1.165) is 44.2 Å². The van der Waals surface area contributed by atoms with Crippen molar-refractivity contribution in [2.45, 2.75) is 97.6 Å². The molecule has 0 aromatic carbocycles. The number of nitrogens with one attached hydrogen (secondary N) is 1. The number of amides is 1. The number of aliphatic carboxylic acids is 1. The number of nitrogens with zero attached hydrogens (tertiary/aromatic N) is 1. The Bertz CT molecular complexity index is 867. The van der Waals surface area contributed by atoms with Gasteiger partial charge in [-0.1, -0.05) is 38.4 Å². The van der Waals surface area contributed by atoms with Crippen molar-refractivity contribution in [3.63, 3.8) is 0 Å². The average molecular weight is 475 g/mol. The third-order valence-electron chi connectivity index (χ3n) is 9.65. The zero-order chi connectivity index (χ0) is 24.7. The van der Waals surface area contributed by atoms with Crippen LogP contribution in [-0.2, 0) is 14.4 Å². The van der Waals surface area contributed by atoms with E-state index in [9.17, 15) is 19.8 Å². The molecule has 0 heterocycles. The van der Waals surface area contributed by atoms with Gasteiger partial charge >= 0.3 is 5.97 Å². The van der Waals surface area contributed by atoms with Crippen LogP contribution in [0.15, 0.2) is 16.8 Å². The van der Waals surface area contributed by atoms with Crippen LogP contribution in [0.25, 0.3) is 0 Å². The second kappa shape index (κ2) is 9.63. The van der Waals surface area contributed by atoms with Gasteiger partial charge in [-0.15, -0.1) is 0 Å². The smallest absolute Gasteiger partial charge is 0.326 e. The van der Waals surface area contributed by atoms with Crippen molar-refractivity contribution in [3.8, 4) is 0 Å². The molecule has 0 spiro atoms. The molecule has 3 N–H and O–H groups in total. The third-order valence-corrected chi connectivity index (χ3v) is 9.65. The van der Waals surface area contributed by atoms with Gasteiger partial charge < -0.3 is 20.4 Å². The summed E-state index contributed by atoms with van der Waals surface area (Å²) in [5, 5.41) is 26.7. The van der Waals surface area contributed by atoms with E-state index in [2.05, 4.69) is 30.4 Å². The molecule has 3 saturated carbocycles. The Hall–Kier alpha value is -1.89. The molecule has 190 valence electrons. The highest BCUT2D eigenvalue weighted by molar-refractivity contribution is 5.96. The zero-order valence-electron chi connectivity index (χ0n) is 21.2. The second-order valence-electron chi connectivity index (χ2n) is 12.1. The molecule has 0 aromatic rings. The van der Waals surface area contributed by atoms with Crippen molar-refractivity contribution in [1.82, 2.24) is 5.32 Å². The average Bonchev–Trinajstić information content (AvgIpc) is 3.07. The predicted molar refractivity (Wildman–Crippen MR) is 130 cm³/mol. The fourth-order valence-corrected chi connectivity index (χ4v) is 7.72. The van der Waals surface area contributed by atoms with Gasteiger partial charge in [0.15, 0.2) is 6.61 Å². The van der Waals surface area contributed by atoms with Crippen molar-refractivity contribution < 1.29 is 24.6 Å². The molecule has 0 unspecified atom stereocenters. The van der Waals surface area contributed by atoms with Crippen LogP contribution in [0.5, 0.6) is 0 Å². The Morgan fingerprint density at radius 3 is 2.62 bits per heavy atom. The summed E-state index contributed by atoms with van der Waals surface area (Å²) in [6.07, 6.45) is 11.0.